The number of methoxy groups -OCH3 is 1. The Morgan fingerprint density at radius 2 is 1.88 bits per heavy atom. The number of carbonyl (C=O) groups is 2. The zero-order chi connectivity index (χ0) is 12.1. The number of halogens is 1. The maximum absolute atomic E-state index is 11.1. The summed E-state index contributed by atoms with van der Waals surface area (Å²) in [4.78, 5) is 21.9. The summed E-state index contributed by atoms with van der Waals surface area (Å²) in [6, 6.07) is 6.64. The van der Waals surface area contributed by atoms with Crippen molar-refractivity contribution in [2.24, 2.45) is 0 Å². The molecule has 0 saturated carbocycles. The fraction of sp³-hybridized carbons (Fsp3) is 0.0909. The summed E-state index contributed by atoms with van der Waals surface area (Å²) in [5.41, 5.74) is 0.445. The molecule has 0 bridgehead atoms. The van der Waals surface area contributed by atoms with Gasteiger partial charge in [0, 0.05) is 16.1 Å². The van der Waals surface area contributed by atoms with Crippen LogP contribution in [0.15, 0.2) is 34.8 Å². The molecule has 0 aromatic heterocycles. The van der Waals surface area contributed by atoms with Gasteiger partial charge in [-0.05, 0) is 12.1 Å². The quantitative estimate of drug-likeness (QED) is 0.400. The molecule has 84 valence electrons. The Kier molecular flexibility index (Phi) is 4.25. The van der Waals surface area contributed by atoms with Crippen LogP contribution in [0.3, 0.4) is 0 Å². The zero-order valence-corrected chi connectivity index (χ0v) is 10.0. The monoisotopic (exact) mass is 284 g/mol. The molecule has 0 aliphatic heterocycles. The Bertz CT molecular complexity index is 434. The van der Waals surface area contributed by atoms with Crippen molar-refractivity contribution in [3.05, 3.63) is 40.4 Å². The summed E-state index contributed by atoms with van der Waals surface area (Å²) >= 11 is 3.24. The minimum absolute atomic E-state index is 0.275. The first kappa shape index (κ1) is 12.4. The molecule has 0 saturated heterocycles. The molecular formula is C11H9BrO4. The molecule has 0 heterocycles. The summed E-state index contributed by atoms with van der Waals surface area (Å²) in [6.45, 7) is 0. The number of aliphatic hydroxyl groups is 1. The van der Waals surface area contributed by atoms with Crippen molar-refractivity contribution >= 4 is 33.4 Å². The molecule has 1 rings (SSSR count). The van der Waals surface area contributed by atoms with E-state index in [1.807, 2.05) is 0 Å². The molecule has 0 spiro atoms. The zero-order valence-electron chi connectivity index (χ0n) is 8.44. The van der Waals surface area contributed by atoms with E-state index in [2.05, 4.69) is 20.7 Å². The van der Waals surface area contributed by atoms with Crippen LogP contribution >= 0.6 is 15.9 Å². The van der Waals surface area contributed by atoms with Gasteiger partial charge in [0.05, 0.1) is 7.11 Å². The molecule has 16 heavy (non-hydrogen) atoms. The van der Waals surface area contributed by atoms with Crippen molar-refractivity contribution in [2.45, 2.75) is 0 Å². The van der Waals surface area contributed by atoms with Gasteiger partial charge < -0.3 is 9.84 Å². The Hall–Kier alpha value is -1.62. The number of rotatable bonds is 3. The van der Waals surface area contributed by atoms with Crippen LogP contribution in [0, 0.1) is 0 Å². The first-order valence-corrected chi connectivity index (χ1v) is 5.12. The predicted molar refractivity (Wildman–Crippen MR) is 61.8 cm³/mol. The van der Waals surface area contributed by atoms with Crippen molar-refractivity contribution < 1.29 is 19.4 Å². The number of esters is 1. The number of aliphatic hydroxyl groups excluding tert-OH is 1. The van der Waals surface area contributed by atoms with E-state index in [0.29, 0.717) is 5.56 Å². The average molecular weight is 285 g/mol. The molecular weight excluding hydrogens is 276 g/mol. The fourth-order valence-corrected chi connectivity index (χ4v) is 1.25. The Labute approximate surface area is 101 Å². The number of benzene rings is 1. The minimum atomic E-state index is -1.01. The van der Waals surface area contributed by atoms with Gasteiger partial charge in [0.1, 0.15) is 5.76 Å². The van der Waals surface area contributed by atoms with E-state index in [4.69, 9.17) is 0 Å². The van der Waals surface area contributed by atoms with E-state index < -0.39 is 11.8 Å². The highest BCUT2D eigenvalue weighted by Gasteiger charge is 2.12. The molecule has 1 aromatic rings. The Morgan fingerprint density at radius 3 is 2.38 bits per heavy atom. The number of ketones is 1. The molecule has 5 heteroatoms. The summed E-state index contributed by atoms with van der Waals surface area (Å²) in [5, 5.41) is 9.54. The normalized spacial score (nSPS) is 11.0. The van der Waals surface area contributed by atoms with E-state index in [1.165, 1.54) is 0 Å². The van der Waals surface area contributed by atoms with Gasteiger partial charge in [-0.2, -0.15) is 0 Å². The predicted octanol–water partition coefficient (Wildman–Crippen LogP) is 2.09. The lowest BCUT2D eigenvalue weighted by atomic mass is 10.1. The molecule has 0 atom stereocenters. The summed E-state index contributed by atoms with van der Waals surface area (Å²) < 4.78 is 5.07. The van der Waals surface area contributed by atoms with Gasteiger partial charge in [-0.25, -0.2) is 4.79 Å². The lowest BCUT2D eigenvalue weighted by Gasteiger charge is -1.99. The smallest absolute Gasteiger partial charge is 0.378 e. The number of hydrogen-bond acceptors (Lipinski definition) is 4. The third kappa shape index (κ3) is 3.20. The molecule has 4 nitrogen and oxygen atoms in total. The lowest BCUT2D eigenvalue weighted by molar-refractivity contribution is -0.149. The SMILES string of the molecule is COC(=O)C(=O)/C=C(/O)c1ccc(Br)cc1. The third-order valence-electron chi connectivity index (χ3n) is 1.79. The van der Waals surface area contributed by atoms with Crippen molar-refractivity contribution in [1.82, 2.24) is 0 Å². The maximum Gasteiger partial charge on any atom is 0.378 e. The summed E-state index contributed by atoms with van der Waals surface area (Å²) in [5.74, 6) is -2.19. The van der Waals surface area contributed by atoms with Crippen LogP contribution in [0.4, 0.5) is 0 Å². The summed E-state index contributed by atoms with van der Waals surface area (Å²) in [6.07, 6.45) is 0.828. The second-order valence-corrected chi connectivity index (χ2v) is 3.81. The van der Waals surface area contributed by atoms with Gasteiger partial charge in [-0.1, -0.05) is 28.1 Å². The molecule has 1 N–H and O–H groups in total. The number of ether oxygens (including phenoxy) is 1. The van der Waals surface area contributed by atoms with Crippen LogP contribution < -0.4 is 0 Å². The summed E-state index contributed by atoms with van der Waals surface area (Å²) in [7, 11) is 1.10. The van der Waals surface area contributed by atoms with Gasteiger partial charge >= 0.3 is 5.97 Å². The molecule has 0 aliphatic carbocycles. The standard InChI is InChI=1S/C11H9BrO4/c1-16-11(15)10(14)6-9(13)7-2-4-8(12)5-3-7/h2-6,13H,1H3/b9-6+. The van der Waals surface area contributed by atoms with Gasteiger partial charge in [0.15, 0.2) is 0 Å². The van der Waals surface area contributed by atoms with Crippen LogP contribution in [-0.2, 0) is 14.3 Å². The number of hydrogen-bond donors (Lipinski definition) is 1. The van der Waals surface area contributed by atoms with Gasteiger partial charge in [0.2, 0.25) is 0 Å². The van der Waals surface area contributed by atoms with Gasteiger partial charge in [-0.15, -0.1) is 0 Å². The molecule has 0 fully saturated rings. The van der Waals surface area contributed by atoms with Gasteiger partial charge in [-0.3, -0.25) is 4.79 Å². The molecule has 0 aliphatic rings. The van der Waals surface area contributed by atoms with Crippen molar-refractivity contribution in [3.63, 3.8) is 0 Å². The van der Waals surface area contributed by atoms with Crippen LogP contribution in [-0.4, -0.2) is 24.0 Å². The maximum atomic E-state index is 11.1. The van der Waals surface area contributed by atoms with E-state index in [-0.39, 0.29) is 5.76 Å². The molecule has 1 aromatic carbocycles. The second kappa shape index (κ2) is 5.46. The second-order valence-electron chi connectivity index (χ2n) is 2.89. The van der Waals surface area contributed by atoms with E-state index in [1.54, 1.807) is 24.3 Å². The molecule has 0 radical (unpaired) electrons. The van der Waals surface area contributed by atoms with E-state index >= 15 is 0 Å². The first-order valence-electron chi connectivity index (χ1n) is 4.33. The Morgan fingerprint density at radius 1 is 1.31 bits per heavy atom. The van der Waals surface area contributed by atoms with Crippen molar-refractivity contribution in [1.29, 1.82) is 0 Å². The third-order valence-corrected chi connectivity index (χ3v) is 2.32. The van der Waals surface area contributed by atoms with Crippen molar-refractivity contribution in [3.8, 4) is 0 Å². The topological polar surface area (TPSA) is 63.6 Å². The number of carbonyl (C=O) groups excluding carboxylic acids is 2. The van der Waals surface area contributed by atoms with Crippen LogP contribution in [0.5, 0.6) is 0 Å². The highest BCUT2D eigenvalue weighted by molar-refractivity contribution is 9.10. The van der Waals surface area contributed by atoms with E-state index in [9.17, 15) is 14.7 Å². The van der Waals surface area contributed by atoms with Gasteiger partial charge in [0.25, 0.3) is 5.78 Å². The molecule has 0 amide bonds. The Balaban J connectivity index is 2.89. The first-order chi connectivity index (χ1) is 7.54. The van der Waals surface area contributed by atoms with Crippen LogP contribution in [0.2, 0.25) is 0 Å². The highest BCUT2D eigenvalue weighted by Crippen LogP contribution is 2.15. The van der Waals surface area contributed by atoms with Crippen molar-refractivity contribution in [2.75, 3.05) is 7.11 Å². The minimum Gasteiger partial charge on any atom is -0.507 e. The van der Waals surface area contributed by atoms with E-state index in [0.717, 1.165) is 17.7 Å². The van der Waals surface area contributed by atoms with Crippen LogP contribution in [0.25, 0.3) is 5.76 Å². The fourth-order valence-electron chi connectivity index (χ4n) is 0.988. The molecule has 0 unspecified atom stereocenters. The average Bonchev–Trinajstić information content (AvgIpc) is 2.28. The van der Waals surface area contributed by atoms with Crippen LogP contribution in [0.1, 0.15) is 5.56 Å². The largest absolute Gasteiger partial charge is 0.507 e. The lowest BCUT2D eigenvalue weighted by Crippen LogP contribution is -2.13. The highest BCUT2D eigenvalue weighted by atomic mass is 79.9.